The zero-order valence-corrected chi connectivity index (χ0v) is 17.4. The highest BCUT2D eigenvalue weighted by atomic mass is 16.8. The third-order valence-electron chi connectivity index (χ3n) is 10.9. The van der Waals surface area contributed by atoms with Crippen LogP contribution in [0.4, 0.5) is 0 Å². The van der Waals surface area contributed by atoms with E-state index in [2.05, 4.69) is 13.8 Å². The van der Waals surface area contributed by atoms with Crippen molar-refractivity contribution < 1.29 is 24.1 Å². The minimum Gasteiger partial charge on any atom is -0.429 e. The van der Waals surface area contributed by atoms with Crippen molar-refractivity contribution in [2.75, 3.05) is 0 Å². The Hall–Kier alpha value is -0.910. The summed E-state index contributed by atoms with van der Waals surface area (Å²) in [5.41, 5.74) is 0.0174. The number of fused-ring (bicyclic) bond motifs is 4. The maximum Gasteiger partial charge on any atom is 0.332 e. The number of esters is 1. The smallest absolute Gasteiger partial charge is 0.332 e. The molecule has 3 heterocycles. The van der Waals surface area contributed by atoms with Crippen molar-refractivity contribution in [3.8, 4) is 0 Å². The normalized spacial score (nSPS) is 64.1. The summed E-state index contributed by atoms with van der Waals surface area (Å²) >= 11 is 0. The van der Waals surface area contributed by atoms with Gasteiger partial charge in [0.25, 0.3) is 0 Å². The topological polar surface area (TPSA) is 71.6 Å². The van der Waals surface area contributed by atoms with Gasteiger partial charge >= 0.3 is 5.97 Å². The predicted octanol–water partition coefficient (Wildman–Crippen LogP) is 3.35. The van der Waals surface area contributed by atoms with Crippen LogP contribution in [0.2, 0.25) is 0 Å². The van der Waals surface area contributed by atoms with Crippen LogP contribution in [-0.4, -0.2) is 40.8 Å². The highest BCUT2D eigenvalue weighted by molar-refractivity contribution is 5.84. The first kappa shape index (κ1) is 17.7. The molecule has 6 fully saturated rings. The maximum absolute atomic E-state index is 11.6. The molecular formula is C24H32O5. The van der Waals surface area contributed by atoms with Gasteiger partial charge in [-0.1, -0.05) is 13.8 Å². The Bertz CT molecular complexity index is 824. The molecule has 0 aromatic carbocycles. The lowest BCUT2D eigenvalue weighted by atomic mass is 9.43. The number of aliphatic hydroxyl groups is 1. The molecule has 4 saturated carbocycles. The van der Waals surface area contributed by atoms with E-state index in [-0.39, 0.29) is 29.4 Å². The van der Waals surface area contributed by atoms with Crippen LogP contribution < -0.4 is 0 Å². The van der Waals surface area contributed by atoms with E-state index < -0.39 is 5.60 Å². The fraction of sp³-hybridized carbons (Fsp3) is 0.875. The van der Waals surface area contributed by atoms with Gasteiger partial charge < -0.3 is 19.3 Å². The first-order chi connectivity index (χ1) is 13.8. The summed E-state index contributed by atoms with van der Waals surface area (Å²) in [4.78, 5) is 11.6. The van der Waals surface area contributed by atoms with Gasteiger partial charge in [-0.3, -0.25) is 0 Å². The first-order valence-electron chi connectivity index (χ1n) is 11.8. The fourth-order valence-electron chi connectivity index (χ4n) is 9.44. The second kappa shape index (κ2) is 5.11. The molecule has 7 rings (SSSR count). The molecule has 11 atom stereocenters. The lowest BCUT2D eigenvalue weighted by Crippen LogP contribution is -2.59. The third-order valence-corrected chi connectivity index (χ3v) is 10.9. The lowest BCUT2D eigenvalue weighted by molar-refractivity contribution is -0.151. The van der Waals surface area contributed by atoms with E-state index in [9.17, 15) is 9.90 Å². The van der Waals surface area contributed by atoms with Gasteiger partial charge in [-0.25, -0.2) is 4.79 Å². The largest absolute Gasteiger partial charge is 0.429 e. The van der Waals surface area contributed by atoms with Crippen molar-refractivity contribution in [3.05, 3.63) is 12.2 Å². The highest BCUT2D eigenvalue weighted by Gasteiger charge is 2.85. The van der Waals surface area contributed by atoms with Crippen molar-refractivity contribution >= 4 is 5.97 Å². The number of carbonyl (C=O) groups excluding carboxylic acids is 1. The summed E-state index contributed by atoms with van der Waals surface area (Å²) in [5, 5.41) is 10.3. The molecule has 29 heavy (non-hydrogen) atoms. The summed E-state index contributed by atoms with van der Waals surface area (Å²) in [5.74, 6) is 2.08. The summed E-state index contributed by atoms with van der Waals surface area (Å²) in [6, 6.07) is 0. The molecule has 2 saturated heterocycles. The molecule has 0 amide bonds. The van der Waals surface area contributed by atoms with Crippen LogP contribution in [0.25, 0.3) is 0 Å². The molecule has 1 N–H and O–H groups in total. The second-order valence-corrected chi connectivity index (χ2v) is 11.6. The van der Waals surface area contributed by atoms with Gasteiger partial charge in [0.05, 0.1) is 12.2 Å². The molecule has 0 unspecified atom stereocenters. The zero-order valence-electron chi connectivity index (χ0n) is 17.4. The second-order valence-electron chi connectivity index (χ2n) is 11.6. The molecule has 0 bridgehead atoms. The van der Waals surface area contributed by atoms with Crippen LogP contribution in [0.3, 0.4) is 0 Å². The SMILES string of the molecule is C[C@]12CC[C@H](O)C[C@H]1CC[C@@H]1[C@@H]2CC[C@]2(C)[C@@H]([C@]34C=CC(=O)O[C@H]3O4)C[C@H]3O[C@]132. The molecule has 1 spiro atoms. The van der Waals surface area contributed by atoms with Crippen LogP contribution in [0.1, 0.15) is 65.2 Å². The Labute approximate surface area is 172 Å². The number of carbonyl (C=O) groups is 1. The lowest BCUT2D eigenvalue weighted by Gasteiger charge is -2.61. The van der Waals surface area contributed by atoms with E-state index >= 15 is 0 Å². The van der Waals surface area contributed by atoms with E-state index in [0.717, 1.165) is 25.7 Å². The Kier molecular flexibility index (Phi) is 3.12. The molecule has 5 nitrogen and oxygen atoms in total. The molecule has 0 aromatic rings. The van der Waals surface area contributed by atoms with Crippen LogP contribution in [0.5, 0.6) is 0 Å². The molecule has 0 aromatic heterocycles. The minimum atomic E-state index is -0.407. The standard InChI is InChI=1S/C24H32O5/c1-21-8-5-14(25)11-13(21)3-4-16-15(21)6-9-22(2)17(12-18-24(16,22)28-18)23-10-7-19(26)27-20(23)29-23/h7,10,13-18,20,25H,3-6,8-9,11-12H2,1-2H3/t13-,14+,15+,16-,17+,18-,20+,21+,22-,23-,24-/m1/s1. The summed E-state index contributed by atoms with van der Waals surface area (Å²) in [6.07, 6.45) is 12.4. The average Bonchev–Trinajstić information content (AvgIpc) is 3.57. The van der Waals surface area contributed by atoms with E-state index in [1.807, 2.05) is 6.08 Å². The Morgan fingerprint density at radius 2 is 1.90 bits per heavy atom. The number of hydrogen-bond acceptors (Lipinski definition) is 5. The van der Waals surface area contributed by atoms with Crippen LogP contribution in [-0.2, 0) is 19.0 Å². The van der Waals surface area contributed by atoms with Crippen molar-refractivity contribution in [2.45, 2.75) is 94.9 Å². The van der Waals surface area contributed by atoms with Gasteiger partial charge in [0.1, 0.15) is 5.60 Å². The zero-order chi connectivity index (χ0) is 19.8. The first-order valence-corrected chi connectivity index (χ1v) is 11.8. The van der Waals surface area contributed by atoms with Gasteiger partial charge in [-0.2, -0.15) is 0 Å². The number of ether oxygens (including phenoxy) is 3. The van der Waals surface area contributed by atoms with Gasteiger partial charge in [0.2, 0.25) is 6.29 Å². The van der Waals surface area contributed by atoms with Crippen LogP contribution in [0, 0.1) is 34.5 Å². The Morgan fingerprint density at radius 3 is 2.72 bits per heavy atom. The number of rotatable bonds is 1. The summed E-state index contributed by atoms with van der Waals surface area (Å²) < 4.78 is 18.1. The van der Waals surface area contributed by atoms with E-state index in [4.69, 9.17) is 14.2 Å². The predicted molar refractivity (Wildman–Crippen MR) is 104 cm³/mol. The Morgan fingerprint density at radius 1 is 1.03 bits per heavy atom. The molecular weight excluding hydrogens is 368 g/mol. The summed E-state index contributed by atoms with van der Waals surface area (Å²) in [6.45, 7) is 4.96. The molecule has 3 aliphatic heterocycles. The average molecular weight is 401 g/mol. The molecule has 5 heteroatoms. The van der Waals surface area contributed by atoms with Gasteiger partial charge in [-0.05, 0) is 80.6 Å². The quantitative estimate of drug-likeness (QED) is 0.540. The van der Waals surface area contributed by atoms with Crippen LogP contribution in [0.15, 0.2) is 12.2 Å². The molecule has 0 radical (unpaired) electrons. The molecule has 158 valence electrons. The Balaban J connectivity index is 1.24. The minimum absolute atomic E-state index is 0.00876. The number of hydrogen-bond donors (Lipinski definition) is 1. The van der Waals surface area contributed by atoms with Crippen molar-refractivity contribution in [1.82, 2.24) is 0 Å². The van der Waals surface area contributed by atoms with Crippen molar-refractivity contribution in [3.63, 3.8) is 0 Å². The van der Waals surface area contributed by atoms with Crippen molar-refractivity contribution in [1.29, 1.82) is 0 Å². The molecule has 4 aliphatic carbocycles. The van der Waals surface area contributed by atoms with Gasteiger partial charge in [0, 0.05) is 17.4 Å². The summed E-state index contributed by atoms with van der Waals surface area (Å²) in [7, 11) is 0. The fourth-order valence-corrected chi connectivity index (χ4v) is 9.44. The van der Waals surface area contributed by atoms with E-state index in [0.29, 0.717) is 35.2 Å². The third kappa shape index (κ3) is 1.89. The van der Waals surface area contributed by atoms with E-state index in [1.54, 1.807) is 6.08 Å². The number of aliphatic hydroxyl groups excluding tert-OH is 1. The highest BCUT2D eigenvalue weighted by Crippen LogP contribution is 2.79. The van der Waals surface area contributed by atoms with E-state index in [1.165, 1.54) is 25.7 Å². The van der Waals surface area contributed by atoms with Crippen LogP contribution >= 0.6 is 0 Å². The van der Waals surface area contributed by atoms with Crippen molar-refractivity contribution in [2.24, 2.45) is 34.5 Å². The monoisotopic (exact) mass is 400 g/mol. The van der Waals surface area contributed by atoms with Gasteiger partial charge in [-0.15, -0.1) is 0 Å². The maximum atomic E-state index is 11.6. The van der Waals surface area contributed by atoms with Gasteiger partial charge in [0.15, 0.2) is 5.60 Å². The molecule has 7 aliphatic rings. The number of epoxide rings is 2.